The number of nitrogens with zero attached hydrogens (tertiary/aromatic N) is 3. The Morgan fingerprint density at radius 1 is 1.41 bits per heavy atom. The highest BCUT2D eigenvalue weighted by atomic mass is 79.9. The number of thiazole rings is 1. The van der Waals surface area contributed by atoms with E-state index in [4.69, 9.17) is 5.73 Å². The van der Waals surface area contributed by atoms with E-state index in [1.165, 1.54) is 11.2 Å². The molecule has 5 nitrogen and oxygen atoms in total. The maximum atomic E-state index is 5.66. The van der Waals surface area contributed by atoms with E-state index in [-0.39, 0.29) is 0 Å². The first-order valence-corrected chi connectivity index (χ1v) is 6.75. The molecular weight excluding hydrogens is 302 g/mol. The van der Waals surface area contributed by atoms with E-state index in [0.717, 1.165) is 11.4 Å². The number of nitrogens with one attached hydrogen (secondary N) is 1. The minimum atomic E-state index is 0.427. The molecule has 0 aliphatic carbocycles. The molecular formula is C10H12BrN5S. The summed E-state index contributed by atoms with van der Waals surface area (Å²) >= 11 is 5.04. The second-order valence-electron chi connectivity index (χ2n) is 3.35. The van der Waals surface area contributed by atoms with Gasteiger partial charge in [0.25, 0.3) is 0 Å². The van der Waals surface area contributed by atoms with Gasteiger partial charge in [0.15, 0.2) is 0 Å². The molecule has 0 aromatic carbocycles. The van der Waals surface area contributed by atoms with Crippen molar-refractivity contribution in [1.82, 2.24) is 15.0 Å². The third-order valence-corrected chi connectivity index (χ3v) is 4.10. The predicted octanol–water partition coefficient (Wildman–Crippen LogP) is 2.45. The molecule has 2 aromatic rings. The molecule has 0 unspecified atom stereocenters. The Kier molecular flexibility index (Phi) is 3.90. The Balaban J connectivity index is 2.04. The van der Waals surface area contributed by atoms with Crippen LogP contribution in [0.4, 0.5) is 11.6 Å². The van der Waals surface area contributed by atoms with Crippen LogP contribution >= 0.6 is 27.3 Å². The van der Waals surface area contributed by atoms with E-state index in [0.29, 0.717) is 22.7 Å². The van der Waals surface area contributed by atoms with Crippen LogP contribution in [0.1, 0.15) is 16.8 Å². The lowest BCUT2D eigenvalue weighted by Gasteiger charge is -2.06. The van der Waals surface area contributed by atoms with Crippen LogP contribution in [0.2, 0.25) is 0 Å². The van der Waals surface area contributed by atoms with E-state index in [1.54, 1.807) is 11.3 Å². The van der Waals surface area contributed by atoms with Gasteiger partial charge in [-0.25, -0.2) is 15.0 Å². The third-order valence-electron chi connectivity index (χ3n) is 2.17. The minimum Gasteiger partial charge on any atom is -0.383 e. The summed E-state index contributed by atoms with van der Waals surface area (Å²) in [5.41, 5.74) is 5.66. The molecule has 0 amide bonds. The van der Waals surface area contributed by atoms with Crippen LogP contribution in [0.5, 0.6) is 0 Å². The fraction of sp³-hybridized carbons (Fsp3) is 0.300. The van der Waals surface area contributed by atoms with Crippen LogP contribution in [0.25, 0.3) is 0 Å². The molecule has 90 valence electrons. The summed E-state index contributed by atoms with van der Waals surface area (Å²) in [5, 5.41) is 4.21. The van der Waals surface area contributed by atoms with Gasteiger partial charge in [0.05, 0.1) is 6.54 Å². The number of nitrogens with two attached hydrogens (primary N) is 1. The van der Waals surface area contributed by atoms with Gasteiger partial charge in [0, 0.05) is 11.1 Å². The number of nitrogen functional groups attached to an aromatic ring is 1. The van der Waals surface area contributed by atoms with Crippen molar-refractivity contribution >= 4 is 38.9 Å². The molecule has 0 aliphatic rings. The summed E-state index contributed by atoms with van der Waals surface area (Å²) in [4.78, 5) is 13.6. The fourth-order valence-corrected chi connectivity index (χ4v) is 2.41. The average molecular weight is 314 g/mol. The van der Waals surface area contributed by atoms with E-state index >= 15 is 0 Å². The topological polar surface area (TPSA) is 76.7 Å². The van der Waals surface area contributed by atoms with Crippen LogP contribution < -0.4 is 11.1 Å². The molecule has 17 heavy (non-hydrogen) atoms. The Labute approximate surface area is 112 Å². The van der Waals surface area contributed by atoms with E-state index in [9.17, 15) is 0 Å². The maximum absolute atomic E-state index is 5.66. The Bertz CT molecular complexity index is 513. The van der Waals surface area contributed by atoms with Crippen molar-refractivity contribution in [2.24, 2.45) is 0 Å². The van der Waals surface area contributed by atoms with Gasteiger partial charge in [0.2, 0.25) is 0 Å². The molecule has 2 rings (SSSR count). The van der Waals surface area contributed by atoms with Gasteiger partial charge in [-0.15, -0.1) is 11.3 Å². The molecule has 0 saturated heterocycles. The van der Waals surface area contributed by atoms with Gasteiger partial charge < -0.3 is 11.1 Å². The van der Waals surface area contributed by atoms with Crippen molar-refractivity contribution in [3.8, 4) is 0 Å². The largest absolute Gasteiger partial charge is 0.383 e. The number of aromatic nitrogens is 3. The normalized spacial score (nSPS) is 10.5. The first-order chi connectivity index (χ1) is 8.20. The fourth-order valence-electron chi connectivity index (χ4n) is 1.26. The lowest BCUT2D eigenvalue weighted by molar-refractivity contribution is 1.05. The summed E-state index contributed by atoms with van der Waals surface area (Å²) in [6.45, 7) is 2.76. The van der Waals surface area contributed by atoms with Gasteiger partial charge >= 0.3 is 0 Å². The van der Waals surface area contributed by atoms with Crippen LogP contribution in [-0.4, -0.2) is 15.0 Å². The molecule has 3 N–H and O–H groups in total. The van der Waals surface area contributed by atoms with Gasteiger partial charge in [-0.3, -0.25) is 0 Å². The average Bonchev–Trinajstić information content (AvgIpc) is 2.79. The third kappa shape index (κ3) is 2.92. The van der Waals surface area contributed by atoms with Crippen LogP contribution in [0.3, 0.4) is 0 Å². The van der Waals surface area contributed by atoms with Crippen molar-refractivity contribution in [3.05, 3.63) is 26.9 Å². The highest BCUT2D eigenvalue weighted by Crippen LogP contribution is 2.24. The molecule has 0 radical (unpaired) electrons. The number of hydrogen-bond acceptors (Lipinski definition) is 6. The van der Waals surface area contributed by atoms with Gasteiger partial charge in [0.1, 0.15) is 27.4 Å². The van der Waals surface area contributed by atoms with Crippen LogP contribution in [-0.2, 0) is 13.0 Å². The molecule has 2 heterocycles. The van der Waals surface area contributed by atoms with Gasteiger partial charge in [-0.05, 0) is 22.4 Å². The number of rotatable bonds is 4. The SMILES string of the molecule is CCc1cnc(CNc2ncnc(N)c2Br)s1. The van der Waals surface area contributed by atoms with E-state index in [1.807, 2.05) is 6.20 Å². The number of halogens is 1. The van der Waals surface area contributed by atoms with Crippen LogP contribution in [0.15, 0.2) is 17.0 Å². The second kappa shape index (κ2) is 5.42. The molecule has 0 bridgehead atoms. The highest BCUT2D eigenvalue weighted by molar-refractivity contribution is 9.10. The zero-order valence-corrected chi connectivity index (χ0v) is 11.7. The summed E-state index contributed by atoms with van der Waals surface area (Å²) < 4.78 is 0.687. The molecule has 0 aliphatic heterocycles. The maximum Gasteiger partial charge on any atom is 0.146 e. The molecule has 0 fully saturated rings. The summed E-state index contributed by atoms with van der Waals surface area (Å²) in [7, 11) is 0. The predicted molar refractivity (Wildman–Crippen MR) is 73.0 cm³/mol. The Morgan fingerprint density at radius 2 is 2.24 bits per heavy atom. The first kappa shape index (κ1) is 12.3. The Hall–Kier alpha value is -1.21. The lowest BCUT2D eigenvalue weighted by atomic mass is 10.4. The highest BCUT2D eigenvalue weighted by Gasteiger charge is 2.06. The van der Waals surface area contributed by atoms with Crippen molar-refractivity contribution in [1.29, 1.82) is 0 Å². The Morgan fingerprint density at radius 3 is 2.94 bits per heavy atom. The van der Waals surface area contributed by atoms with E-state index in [2.05, 4.69) is 43.1 Å². The lowest BCUT2D eigenvalue weighted by Crippen LogP contribution is -2.04. The molecule has 0 spiro atoms. The zero-order valence-electron chi connectivity index (χ0n) is 9.27. The van der Waals surface area contributed by atoms with Gasteiger partial charge in [-0.1, -0.05) is 6.92 Å². The zero-order chi connectivity index (χ0) is 12.3. The monoisotopic (exact) mass is 313 g/mol. The molecule has 0 atom stereocenters. The van der Waals surface area contributed by atoms with Crippen LogP contribution in [0, 0.1) is 0 Å². The van der Waals surface area contributed by atoms with E-state index < -0.39 is 0 Å². The van der Waals surface area contributed by atoms with Crippen molar-refractivity contribution in [3.63, 3.8) is 0 Å². The number of anilines is 2. The summed E-state index contributed by atoms with van der Waals surface area (Å²) in [6.07, 6.45) is 4.36. The van der Waals surface area contributed by atoms with Crippen molar-refractivity contribution in [2.75, 3.05) is 11.1 Å². The first-order valence-electron chi connectivity index (χ1n) is 5.14. The molecule has 7 heteroatoms. The molecule has 0 saturated carbocycles. The standard InChI is InChI=1S/C10H12BrN5S/c1-2-6-3-13-7(17-6)4-14-10-8(11)9(12)15-5-16-10/h3,5H,2,4H2,1H3,(H3,12,14,15,16). The van der Waals surface area contributed by atoms with Gasteiger partial charge in [-0.2, -0.15) is 0 Å². The quantitative estimate of drug-likeness (QED) is 0.906. The smallest absolute Gasteiger partial charge is 0.146 e. The summed E-state index contributed by atoms with van der Waals surface area (Å²) in [6, 6.07) is 0. The molecule has 2 aromatic heterocycles. The summed E-state index contributed by atoms with van der Waals surface area (Å²) in [5.74, 6) is 1.11. The number of hydrogen-bond donors (Lipinski definition) is 2. The van der Waals surface area contributed by atoms with Crippen molar-refractivity contribution in [2.45, 2.75) is 19.9 Å². The minimum absolute atomic E-state index is 0.427. The number of aryl methyl sites for hydroxylation is 1. The van der Waals surface area contributed by atoms with Crippen molar-refractivity contribution < 1.29 is 0 Å². The second-order valence-corrected chi connectivity index (χ2v) is 5.34.